The normalized spacial score (nSPS) is 18.7. The number of hydrogen-bond acceptors (Lipinski definition) is 3. The van der Waals surface area contributed by atoms with Crippen LogP contribution in [-0.2, 0) is 4.74 Å². The molecule has 0 aromatic carbocycles. The van der Waals surface area contributed by atoms with E-state index < -0.39 is 0 Å². The minimum atomic E-state index is -0.250. The molecular formula is C12H16BrN3O2. The van der Waals surface area contributed by atoms with Crippen molar-refractivity contribution in [2.75, 3.05) is 18.5 Å². The zero-order chi connectivity index (χ0) is 13.0. The van der Waals surface area contributed by atoms with E-state index in [0.29, 0.717) is 12.4 Å². The summed E-state index contributed by atoms with van der Waals surface area (Å²) >= 11 is 3.36. The summed E-state index contributed by atoms with van der Waals surface area (Å²) in [5, 5.41) is 5.48. The molecule has 0 radical (unpaired) electrons. The second kappa shape index (κ2) is 6.15. The summed E-state index contributed by atoms with van der Waals surface area (Å²) in [6.07, 6.45) is 2.23. The van der Waals surface area contributed by atoms with Gasteiger partial charge < -0.3 is 10.1 Å². The van der Waals surface area contributed by atoms with Crippen LogP contribution < -0.4 is 10.6 Å². The number of nitrogens with zero attached hydrogens (tertiary/aromatic N) is 1. The fraction of sp³-hybridized carbons (Fsp3) is 0.500. The molecule has 5 nitrogen and oxygen atoms in total. The number of aromatic nitrogens is 1. The van der Waals surface area contributed by atoms with Crippen molar-refractivity contribution < 1.29 is 9.53 Å². The van der Waals surface area contributed by atoms with Gasteiger partial charge in [0.15, 0.2) is 0 Å². The van der Waals surface area contributed by atoms with Crippen LogP contribution in [0.5, 0.6) is 0 Å². The smallest absolute Gasteiger partial charge is 0.320 e. The molecule has 6 heteroatoms. The molecule has 2 amide bonds. The highest BCUT2D eigenvalue weighted by Crippen LogP contribution is 2.16. The Bertz CT molecular complexity index is 433. The molecule has 0 bridgehead atoms. The Morgan fingerprint density at radius 1 is 1.61 bits per heavy atom. The van der Waals surface area contributed by atoms with Crippen LogP contribution in [0.4, 0.5) is 10.6 Å². The van der Waals surface area contributed by atoms with Crippen LogP contribution in [-0.4, -0.2) is 30.3 Å². The maximum atomic E-state index is 11.6. The topological polar surface area (TPSA) is 63.2 Å². The van der Waals surface area contributed by atoms with E-state index >= 15 is 0 Å². The zero-order valence-electron chi connectivity index (χ0n) is 10.2. The fourth-order valence-electron chi connectivity index (χ4n) is 1.79. The number of hydrogen-bond donors (Lipinski definition) is 2. The minimum Gasteiger partial charge on any atom is -0.376 e. The van der Waals surface area contributed by atoms with E-state index in [1.165, 1.54) is 0 Å². The lowest BCUT2D eigenvalue weighted by atomic mass is 10.2. The lowest BCUT2D eigenvalue weighted by Crippen LogP contribution is -2.35. The maximum Gasteiger partial charge on any atom is 0.320 e. The average Bonchev–Trinajstić information content (AvgIpc) is 2.84. The molecule has 0 aliphatic carbocycles. The van der Waals surface area contributed by atoms with Crippen molar-refractivity contribution in [3.63, 3.8) is 0 Å². The quantitative estimate of drug-likeness (QED) is 0.901. The van der Waals surface area contributed by atoms with Crippen LogP contribution in [0, 0.1) is 6.92 Å². The number of halogens is 1. The molecule has 1 atom stereocenters. The number of pyridine rings is 1. The van der Waals surface area contributed by atoms with Crippen molar-refractivity contribution in [1.29, 1.82) is 0 Å². The average molecular weight is 314 g/mol. The molecule has 1 fully saturated rings. The largest absolute Gasteiger partial charge is 0.376 e. The second-order valence-electron chi connectivity index (χ2n) is 4.23. The molecule has 1 aliphatic rings. The summed E-state index contributed by atoms with van der Waals surface area (Å²) in [4.78, 5) is 15.9. The Hall–Kier alpha value is -1.14. The molecule has 2 rings (SSSR count). The Morgan fingerprint density at radius 3 is 3.11 bits per heavy atom. The first-order chi connectivity index (χ1) is 8.65. The number of carbonyl (C=O) groups excluding carboxylic acids is 1. The van der Waals surface area contributed by atoms with Gasteiger partial charge in [0.1, 0.15) is 5.82 Å². The van der Waals surface area contributed by atoms with Gasteiger partial charge in [0.05, 0.1) is 11.8 Å². The van der Waals surface area contributed by atoms with E-state index in [-0.39, 0.29) is 12.1 Å². The molecular weight excluding hydrogens is 298 g/mol. The van der Waals surface area contributed by atoms with Crippen molar-refractivity contribution in [2.24, 2.45) is 0 Å². The number of amides is 2. The van der Waals surface area contributed by atoms with Crippen molar-refractivity contribution in [3.8, 4) is 0 Å². The number of urea groups is 1. The van der Waals surface area contributed by atoms with Gasteiger partial charge >= 0.3 is 6.03 Å². The van der Waals surface area contributed by atoms with Gasteiger partial charge in [0, 0.05) is 17.6 Å². The summed E-state index contributed by atoms with van der Waals surface area (Å²) in [7, 11) is 0. The Labute approximate surface area is 114 Å². The molecule has 2 heterocycles. The Balaban J connectivity index is 1.80. The van der Waals surface area contributed by atoms with Crippen LogP contribution in [0.3, 0.4) is 0 Å². The SMILES string of the molecule is Cc1nc(NC(=O)NCC2CCCO2)ccc1Br. The first-order valence-corrected chi connectivity index (χ1v) is 6.74. The van der Waals surface area contributed by atoms with E-state index in [1.54, 1.807) is 6.07 Å². The highest BCUT2D eigenvalue weighted by molar-refractivity contribution is 9.10. The monoisotopic (exact) mass is 313 g/mol. The predicted molar refractivity (Wildman–Crippen MR) is 72.7 cm³/mol. The maximum absolute atomic E-state index is 11.6. The molecule has 1 aromatic rings. The number of rotatable bonds is 3. The zero-order valence-corrected chi connectivity index (χ0v) is 11.8. The van der Waals surface area contributed by atoms with Gasteiger partial charge in [-0.2, -0.15) is 0 Å². The summed E-state index contributed by atoms with van der Waals surface area (Å²) in [6, 6.07) is 3.36. The van der Waals surface area contributed by atoms with Crippen molar-refractivity contribution >= 4 is 27.8 Å². The second-order valence-corrected chi connectivity index (χ2v) is 5.09. The van der Waals surface area contributed by atoms with Gasteiger partial charge in [-0.15, -0.1) is 0 Å². The number of ether oxygens (including phenoxy) is 1. The number of nitrogens with one attached hydrogen (secondary N) is 2. The highest BCUT2D eigenvalue weighted by atomic mass is 79.9. The van der Waals surface area contributed by atoms with E-state index in [0.717, 1.165) is 29.6 Å². The van der Waals surface area contributed by atoms with Gasteiger partial charge in [-0.25, -0.2) is 9.78 Å². The molecule has 1 unspecified atom stereocenters. The predicted octanol–water partition coefficient (Wildman–Crippen LogP) is 2.45. The van der Waals surface area contributed by atoms with Gasteiger partial charge in [-0.1, -0.05) is 0 Å². The number of anilines is 1. The summed E-state index contributed by atoms with van der Waals surface area (Å²) < 4.78 is 6.35. The van der Waals surface area contributed by atoms with Crippen LogP contribution in [0.1, 0.15) is 18.5 Å². The van der Waals surface area contributed by atoms with E-state index in [1.807, 2.05) is 13.0 Å². The highest BCUT2D eigenvalue weighted by Gasteiger charge is 2.16. The van der Waals surface area contributed by atoms with Gasteiger partial charge in [-0.3, -0.25) is 5.32 Å². The minimum absolute atomic E-state index is 0.148. The third kappa shape index (κ3) is 3.68. The standard InChI is InChI=1S/C12H16BrN3O2/c1-8-10(13)4-5-11(15-8)16-12(17)14-7-9-3-2-6-18-9/h4-5,9H,2-3,6-7H2,1H3,(H2,14,15,16,17). The first-order valence-electron chi connectivity index (χ1n) is 5.95. The van der Waals surface area contributed by atoms with Crippen molar-refractivity contribution in [1.82, 2.24) is 10.3 Å². The van der Waals surface area contributed by atoms with Crippen molar-refractivity contribution in [2.45, 2.75) is 25.9 Å². The van der Waals surface area contributed by atoms with Crippen LogP contribution >= 0.6 is 15.9 Å². The number of carbonyl (C=O) groups is 1. The molecule has 1 aliphatic heterocycles. The fourth-order valence-corrected chi connectivity index (χ4v) is 2.01. The third-order valence-electron chi connectivity index (χ3n) is 2.78. The molecule has 0 saturated carbocycles. The molecule has 1 saturated heterocycles. The first kappa shape index (κ1) is 13.3. The summed E-state index contributed by atoms with van der Waals surface area (Å²) in [5.41, 5.74) is 0.840. The van der Waals surface area contributed by atoms with Crippen LogP contribution in [0.15, 0.2) is 16.6 Å². The summed E-state index contributed by atoms with van der Waals surface area (Å²) in [5.74, 6) is 0.542. The van der Waals surface area contributed by atoms with Gasteiger partial charge in [0.25, 0.3) is 0 Å². The number of aryl methyl sites for hydroxylation is 1. The Morgan fingerprint density at radius 2 is 2.44 bits per heavy atom. The van der Waals surface area contributed by atoms with Gasteiger partial charge in [-0.05, 0) is 47.8 Å². The molecule has 0 spiro atoms. The molecule has 98 valence electrons. The van der Waals surface area contributed by atoms with Crippen LogP contribution in [0.25, 0.3) is 0 Å². The van der Waals surface area contributed by atoms with Crippen LogP contribution in [0.2, 0.25) is 0 Å². The van der Waals surface area contributed by atoms with E-state index in [2.05, 4.69) is 31.5 Å². The summed E-state index contributed by atoms with van der Waals surface area (Å²) in [6.45, 7) is 3.21. The third-order valence-corrected chi connectivity index (χ3v) is 3.62. The molecule has 1 aromatic heterocycles. The lowest BCUT2D eigenvalue weighted by Gasteiger charge is -2.11. The Kier molecular flexibility index (Phi) is 4.54. The van der Waals surface area contributed by atoms with Gasteiger partial charge in [0.2, 0.25) is 0 Å². The van der Waals surface area contributed by atoms with E-state index in [9.17, 15) is 4.79 Å². The molecule has 2 N–H and O–H groups in total. The van der Waals surface area contributed by atoms with Crippen molar-refractivity contribution in [3.05, 3.63) is 22.3 Å². The van der Waals surface area contributed by atoms with E-state index in [4.69, 9.17) is 4.74 Å². The molecule has 18 heavy (non-hydrogen) atoms. The lowest BCUT2D eigenvalue weighted by molar-refractivity contribution is 0.112.